The monoisotopic (exact) mass is 224 g/mol. The third kappa shape index (κ3) is 1.47. The predicted molar refractivity (Wildman–Crippen MR) is 67.0 cm³/mol. The first-order chi connectivity index (χ1) is 8.27. The number of aromatic nitrogens is 2. The molecular weight excluding hydrogens is 212 g/mol. The molecule has 0 amide bonds. The van der Waals surface area contributed by atoms with Crippen LogP contribution in [-0.2, 0) is 0 Å². The molecule has 1 N–H and O–H groups in total. The Balaban J connectivity index is 2.36. The molecule has 84 valence electrons. The van der Waals surface area contributed by atoms with Crippen molar-refractivity contribution >= 4 is 5.52 Å². The third-order valence-corrected chi connectivity index (χ3v) is 2.92. The second-order valence-corrected chi connectivity index (χ2v) is 4.04. The Hall–Kier alpha value is -2.29. The fraction of sp³-hybridized carbons (Fsp3) is 0.0714. The van der Waals surface area contributed by atoms with E-state index in [9.17, 15) is 5.11 Å². The highest BCUT2D eigenvalue weighted by molar-refractivity contribution is 5.66. The van der Waals surface area contributed by atoms with Crippen molar-refractivity contribution in [2.75, 3.05) is 0 Å². The van der Waals surface area contributed by atoms with Crippen LogP contribution in [0.3, 0.4) is 0 Å². The molecule has 0 atom stereocenters. The SMILES string of the molecule is Cc1ccccc1-c1ncc2cccc(O)n12. The maximum Gasteiger partial charge on any atom is 0.197 e. The summed E-state index contributed by atoms with van der Waals surface area (Å²) < 4.78 is 1.75. The van der Waals surface area contributed by atoms with E-state index in [-0.39, 0.29) is 5.88 Å². The summed E-state index contributed by atoms with van der Waals surface area (Å²) in [6.45, 7) is 2.04. The van der Waals surface area contributed by atoms with Crippen molar-refractivity contribution in [3.8, 4) is 17.3 Å². The van der Waals surface area contributed by atoms with Gasteiger partial charge in [0.05, 0.1) is 11.7 Å². The number of nitrogens with zero attached hydrogens (tertiary/aromatic N) is 2. The van der Waals surface area contributed by atoms with Crippen LogP contribution in [0.4, 0.5) is 0 Å². The van der Waals surface area contributed by atoms with Gasteiger partial charge in [0, 0.05) is 5.56 Å². The van der Waals surface area contributed by atoms with Gasteiger partial charge in [-0.25, -0.2) is 4.98 Å². The van der Waals surface area contributed by atoms with Gasteiger partial charge in [-0.15, -0.1) is 0 Å². The molecule has 0 aliphatic carbocycles. The zero-order valence-corrected chi connectivity index (χ0v) is 9.46. The molecule has 2 heterocycles. The highest BCUT2D eigenvalue weighted by Gasteiger charge is 2.10. The Labute approximate surface area is 99.0 Å². The van der Waals surface area contributed by atoms with Gasteiger partial charge >= 0.3 is 0 Å². The molecule has 17 heavy (non-hydrogen) atoms. The van der Waals surface area contributed by atoms with Crippen molar-refractivity contribution in [1.82, 2.24) is 9.38 Å². The standard InChI is InChI=1S/C14H12N2O/c1-10-5-2-3-7-12(10)14-15-9-11-6-4-8-13(17)16(11)14/h2-9,17H,1H3. The second kappa shape index (κ2) is 3.63. The van der Waals surface area contributed by atoms with Crippen molar-refractivity contribution < 1.29 is 5.11 Å². The molecule has 0 saturated heterocycles. The van der Waals surface area contributed by atoms with Crippen molar-refractivity contribution in [2.45, 2.75) is 6.92 Å². The van der Waals surface area contributed by atoms with Gasteiger partial charge in [0.1, 0.15) is 5.82 Å². The minimum absolute atomic E-state index is 0.207. The number of aromatic hydroxyl groups is 1. The number of fused-ring (bicyclic) bond motifs is 1. The zero-order valence-electron chi connectivity index (χ0n) is 9.46. The van der Waals surface area contributed by atoms with Gasteiger partial charge in [-0.1, -0.05) is 30.3 Å². The van der Waals surface area contributed by atoms with E-state index in [4.69, 9.17) is 0 Å². The molecule has 0 fully saturated rings. The Kier molecular flexibility index (Phi) is 2.11. The molecule has 0 aliphatic rings. The van der Waals surface area contributed by atoms with E-state index in [1.165, 1.54) is 0 Å². The summed E-state index contributed by atoms with van der Waals surface area (Å²) in [5.41, 5.74) is 3.07. The van der Waals surface area contributed by atoms with Gasteiger partial charge in [-0.2, -0.15) is 0 Å². The lowest BCUT2D eigenvalue weighted by molar-refractivity contribution is 0.447. The zero-order chi connectivity index (χ0) is 11.8. The van der Waals surface area contributed by atoms with Crippen molar-refractivity contribution in [3.05, 3.63) is 54.2 Å². The average molecular weight is 224 g/mol. The van der Waals surface area contributed by atoms with Crippen LogP contribution in [0, 0.1) is 6.92 Å². The molecule has 0 radical (unpaired) electrons. The van der Waals surface area contributed by atoms with Crippen molar-refractivity contribution in [1.29, 1.82) is 0 Å². The van der Waals surface area contributed by atoms with Crippen LogP contribution in [0.2, 0.25) is 0 Å². The second-order valence-electron chi connectivity index (χ2n) is 4.04. The van der Waals surface area contributed by atoms with Gasteiger partial charge in [-0.05, 0) is 24.6 Å². The minimum atomic E-state index is 0.207. The van der Waals surface area contributed by atoms with Crippen LogP contribution in [0.25, 0.3) is 16.9 Å². The lowest BCUT2D eigenvalue weighted by Gasteiger charge is -2.06. The number of rotatable bonds is 1. The summed E-state index contributed by atoms with van der Waals surface area (Å²) in [6, 6.07) is 13.4. The van der Waals surface area contributed by atoms with Crippen molar-refractivity contribution in [3.63, 3.8) is 0 Å². The molecular formula is C14H12N2O. The van der Waals surface area contributed by atoms with E-state index in [1.54, 1.807) is 16.7 Å². The van der Waals surface area contributed by atoms with E-state index < -0.39 is 0 Å². The molecule has 3 heteroatoms. The molecule has 3 rings (SSSR count). The molecule has 0 unspecified atom stereocenters. The fourth-order valence-corrected chi connectivity index (χ4v) is 2.04. The van der Waals surface area contributed by atoms with Gasteiger partial charge in [-0.3, -0.25) is 4.40 Å². The summed E-state index contributed by atoms with van der Waals surface area (Å²) in [6.07, 6.45) is 1.77. The summed E-state index contributed by atoms with van der Waals surface area (Å²) in [7, 11) is 0. The number of hydrogen-bond donors (Lipinski definition) is 1. The van der Waals surface area contributed by atoms with Gasteiger partial charge < -0.3 is 5.11 Å². The maximum absolute atomic E-state index is 9.92. The molecule has 0 aliphatic heterocycles. The predicted octanol–water partition coefficient (Wildman–Crippen LogP) is 3.02. The summed E-state index contributed by atoms with van der Waals surface area (Å²) >= 11 is 0. The van der Waals surface area contributed by atoms with Crippen LogP contribution < -0.4 is 0 Å². The first-order valence-corrected chi connectivity index (χ1v) is 5.49. The largest absolute Gasteiger partial charge is 0.494 e. The van der Waals surface area contributed by atoms with Crippen LogP contribution in [0.5, 0.6) is 5.88 Å². The Morgan fingerprint density at radius 3 is 2.71 bits per heavy atom. The molecule has 0 spiro atoms. The van der Waals surface area contributed by atoms with E-state index in [0.717, 1.165) is 22.5 Å². The molecule has 0 bridgehead atoms. The minimum Gasteiger partial charge on any atom is -0.494 e. The number of hydrogen-bond acceptors (Lipinski definition) is 2. The fourth-order valence-electron chi connectivity index (χ4n) is 2.04. The molecule has 3 nitrogen and oxygen atoms in total. The molecule has 2 aromatic heterocycles. The van der Waals surface area contributed by atoms with Crippen molar-refractivity contribution in [2.24, 2.45) is 0 Å². The van der Waals surface area contributed by atoms with Crippen LogP contribution >= 0.6 is 0 Å². The van der Waals surface area contributed by atoms with E-state index in [0.29, 0.717) is 0 Å². The van der Waals surface area contributed by atoms with Crippen LogP contribution in [0.1, 0.15) is 5.56 Å². The lowest BCUT2D eigenvalue weighted by Crippen LogP contribution is -1.92. The van der Waals surface area contributed by atoms with Gasteiger partial charge in [0.2, 0.25) is 0 Å². The Morgan fingerprint density at radius 1 is 1.06 bits per heavy atom. The number of pyridine rings is 1. The topological polar surface area (TPSA) is 37.5 Å². The first kappa shape index (κ1) is 9.90. The van der Waals surface area contributed by atoms with E-state index in [2.05, 4.69) is 4.98 Å². The number of benzene rings is 1. The summed E-state index contributed by atoms with van der Waals surface area (Å²) in [5.74, 6) is 0.981. The molecule has 3 aromatic rings. The highest BCUT2D eigenvalue weighted by Crippen LogP contribution is 2.26. The smallest absolute Gasteiger partial charge is 0.197 e. The third-order valence-electron chi connectivity index (χ3n) is 2.92. The lowest BCUT2D eigenvalue weighted by atomic mass is 10.1. The van der Waals surface area contributed by atoms with E-state index in [1.807, 2.05) is 43.3 Å². The Bertz CT molecular complexity index is 686. The summed E-state index contributed by atoms with van der Waals surface area (Å²) in [4.78, 5) is 4.39. The first-order valence-electron chi connectivity index (χ1n) is 5.49. The van der Waals surface area contributed by atoms with Crippen LogP contribution in [-0.4, -0.2) is 14.5 Å². The van der Waals surface area contributed by atoms with Gasteiger partial charge in [0.15, 0.2) is 5.88 Å². The molecule has 0 saturated carbocycles. The maximum atomic E-state index is 9.92. The quantitative estimate of drug-likeness (QED) is 0.690. The average Bonchev–Trinajstić information content (AvgIpc) is 2.75. The number of imidazole rings is 1. The van der Waals surface area contributed by atoms with Gasteiger partial charge in [0.25, 0.3) is 0 Å². The highest BCUT2D eigenvalue weighted by atomic mass is 16.3. The number of aryl methyl sites for hydroxylation is 1. The van der Waals surface area contributed by atoms with E-state index >= 15 is 0 Å². The normalized spacial score (nSPS) is 10.9. The summed E-state index contributed by atoms with van der Waals surface area (Å²) in [5, 5.41) is 9.92. The Morgan fingerprint density at radius 2 is 1.88 bits per heavy atom. The van der Waals surface area contributed by atoms with Crippen LogP contribution in [0.15, 0.2) is 48.7 Å². The molecule has 1 aromatic carbocycles.